The number of nitriles is 1. The number of aliphatic hydroxyl groups is 1. The molecule has 0 aromatic heterocycles. The Kier molecular flexibility index (Phi) is 8.25. The summed E-state index contributed by atoms with van der Waals surface area (Å²) in [5, 5.41) is 21.2. The van der Waals surface area contributed by atoms with E-state index < -0.39 is 6.04 Å². The Morgan fingerprint density at radius 3 is 2.71 bits per heavy atom. The van der Waals surface area contributed by atoms with E-state index in [9.17, 15) is 5.26 Å². The Balaban J connectivity index is 2.86. The minimum atomic E-state index is -0.420. The largest absolute Gasteiger partial charge is 0.490 e. The second-order valence-electron chi connectivity index (χ2n) is 4.58. The van der Waals surface area contributed by atoms with Crippen LogP contribution < -0.4 is 14.8 Å². The first-order valence-electron chi connectivity index (χ1n) is 7.40. The van der Waals surface area contributed by atoms with Crippen LogP contribution in [0.1, 0.15) is 38.3 Å². The molecule has 1 aromatic rings. The predicted molar refractivity (Wildman–Crippen MR) is 81.5 cm³/mol. The molecule has 0 saturated carbocycles. The number of hydrogen-bond donors (Lipinski definition) is 2. The zero-order valence-corrected chi connectivity index (χ0v) is 12.8. The number of rotatable bonds is 10. The molecule has 0 aliphatic rings. The van der Waals surface area contributed by atoms with Crippen molar-refractivity contribution >= 4 is 0 Å². The van der Waals surface area contributed by atoms with Gasteiger partial charge in [-0.15, -0.1) is 0 Å². The van der Waals surface area contributed by atoms with Crippen LogP contribution in [0.2, 0.25) is 0 Å². The zero-order valence-electron chi connectivity index (χ0n) is 12.8. The summed E-state index contributed by atoms with van der Waals surface area (Å²) in [4.78, 5) is 0. The normalized spacial score (nSPS) is 11.7. The van der Waals surface area contributed by atoms with E-state index in [-0.39, 0.29) is 6.61 Å². The number of ether oxygens (including phenoxy) is 2. The molecule has 116 valence electrons. The molecule has 5 nitrogen and oxygen atoms in total. The fourth-order valence-electron chi connectivity index (χ4n) is 1.87. The van der Waals surface area contributed by atoms with Crippen LogP contribution in [-0.4, -0.2) is 31.5 Å². The summed E-state index contributed by atoms with van der Waals surface area (Å²) in [5.74, 6) is 1.36. The van der Waals surface area contributed by atoms with Crippen LogP contribution in [-0.2, 0) is 0 Å². The van der Waals surface area contributed by atoms with E-state index in [0.717, 1.165) is 12.0 Å². The molecule has 0 spiro atoms. The van der Waals surface area contributed by atoms with Gasteiger partial charge in [0, 0.05) is 6.61 Å². The summed E-state index contributed by atoms with van der Waals surface area (Å²) in [7, 11) is 0. The van der Waals surface area contributed by atoms with Crippen molar-refractivity contribution in [2.24, 2.45) is 0 Å². The standard InChI is InChI=1S/C16H24N2O3/c1-3-10-21-15-7-6-13(11-16(15)20-4-2)14(12-17)18-8-5-9-19/h6-7,11,14,18-19H,3-5,8-10H2,1-2H3. The van der Waals surface area contributed by atoms with Gasteiger partial charge in [0.25, 0.3) is 0 Å². The van der Waals surface area contributed by atoms with Crippen LogP contribution >= 0.6 is 0 Å². The first-order chi connectivity index (χ1) is 10.3. The van der Waals surface area contributed by atoms with Crippen LogP contribution in [0.25, 0.3) is 0 Å². The van der Waals surface area contributed by atoms with Crippen LogP contribution in [0.4, 0.5) is 0 Å². The Hall–Kier alpha value is -1.77. The highest BCUT2D eigenvalue weighted by Crippen LogP contribution is 2.30. The Bertz CT molecular complexity index is 457. The lowest BCUT2D eigenvalue weighted by Crippen LogP contribution is -2.22. The molecular weight excluding hydrogens is 268 g/mol. The number of hydrogen-bond acceptors (Lipinski definition) is 5. The van der Waals surface area contributed by atoms with Crippen molar-refractivity contribution in [1.82, 2.24) is 5.32 Å². The maximum Gasteiger partial charge on any atom is 0.161 e. The molecule has 1 atom stereocenters. The van der Waals surface area contributed by atoms with Crippen molar-refractivity contribution in [3.63, 3.8) is 0 Å². The zero-order chi connectivity index (χ0) is 15.5. The average Bonchev–Trinajstić information content (AvgIpc) is 2.51. The minimum absolute atomic E-state index is 0.110. The third-order valence-electron chi connectivity index (χ3n) is 2.88. The van der Waals surface area contributed by atoms with Gasteiger partial charge in [-0.25, -0.2) is 0 Å². The van der Waals surface area contributed by atoms with Crippen molar-refractivity contribution in [3.05, 3.63) is 23.8 Å². The van der Waals surface area contributed by atoms with Gasteiger partial charge in [-0.1, -0.05) is 13.0 Å². The van der Waals surface area contributed by atoms with E-state index in [1.54, 1.807) is 0 Å². The fourth-order valence-corrected chi connectivity index (χ4v) is 1.87. The molecule has 0 heterocycles. The molecule has 0 amide bonds. The van der Waals surface area contributed by atoms with Gasteiger partial charge in [0.1, 0.15) is 6.04 Å². The van der Waals surface area contributed by atoms with Gasteiger partial charge >= 0.3 is 0 Å². The highest BCUT2D eigenvalue weighted by molar-refractivity contribution is 5.45. The van der Waals surface area contributed by atoms with Gasteiger partial charge in [0.05, 0.1) is 19.3 Å². The average molecular weight is 292 g/mol. The lowest BCUT2D eigenvalue weighted by Gasteiger charge is -2.16. The predicted octanol–water partition coefficient (Wildman–Crippen LogP) is 2.41. The van der Waals surface area contributed by atoms with Crippen LogP contribution in [0.15, 0.2) is 18.2 Å². The summed E-state index contributed by atoms with van der Waals surface area (Å²) < 4.78 is 11.2. The quantitative estimate of drug-likeness (QED) is 0.648. The van der Waals surface area contributed by atoms with Crippen molar-refractivity contribution in [2.45, 2.75) is 32.7 Å². The molecule has 5 heteroatoms. The van der Waals surface area contributed by atoms with E-state index >= 15 is 0 Å². The van der Waals surface area contributed by atoms with E-state index in [1.165, 1.54) is 0 Å². The molecule has 0 radical (unpaired) electrons. The topological polar surface area (TPSA) is 74.5 Å². The maximum atomic E-state index is 9.26. The lowest BCUT2D eigenvalue weighted by molar-refractivity contribution is 0.276. The van der Waals surface area contributed by atoms with E-state index in [0.29, 0.717) is 37.7 Å². The molecule has 1 unspecified atom stereocenters. The molecular formula is C16H24N2O3. The second-order valence-corrected chi connectivity index (χ2v) is 4.58. The van der Waals surface area contributed by atoms with E-state index in [4.69, 9.17) is 14.6 Å². The summed E-state index contributed by atoms with van der Waals surface area (Å²) in [6.45, 7) is 5.84. The van der Waals surface area contributed by atoms with Gasteiger partial charge in [-0.3, -0.25) is 5.32 Å². The minimum Gasteiger partial charge on any atom is -0.490 e. The molecule has 0 aliphatic carbocycles. The molecule has 1 rings (SSSR count). The molecule has 1 aromatic carbocycles. The Labute approximate surface area is 126 Å². The van der Waals surface area contributed by atoms with Crippen LogP contribution in [0.3, 0.4) is 0 Å². The van der Waals surface area contributed by atoms with Gasteiger partial charge < -0.3 is 14.6 Å². The molecule has 0 fully saturated rings. The van der Waals surface area contributed by atoms with Crippen LogP contribution in [0.5, 0.6) is 11.5 Å². The van der Waals surface area contributed by atoms with Crippen LogP contribution in [0, 0.1) is 11.3 Å². The summed E-state index contributed by atoms with van der Waals surface area (Å²) in [6.07, 6.45) is 1.55. The van der Waals surface area contributed by atoms with Gasteiger partial charge in [0.15, 0.2) is 11.5 Å². The van der Waals surface area contributed by atoms with Crippen molar-refractivity contribution in [2.75, 3.05) is 26.4 Å². The third-order valence-corrected chi connectivity index (χ3v) is 2.88. The third kappa shape index (κ3) is 5.62. The van der Waals surface area contributed by atoms with E-state index in [1.807, 2.05) is 32.0 Å². The van der Waals surface area contributed by atoms with Gasteiger partial charge in [-0.05, 0) is 44.0 Å². The molecule has 0 aliphatic heterocycles. The van der Waals surface area contributed by atoms with Gasteiger partial charge in [0.2, 0.25) is 0 Å². The van der Waals surface area contributed by atoms with Crippen molar-refractivity contribution in [1.29, 1.82) is 5.26 Å². The first-order valence-corrected chi connectivity index (χ1v) is 7.40. The summed E-state index contributed by atoms with van der Waals surface area (Å²) in [6, 6.07) is 7.35. The van der Waals surface area contributed by atoms with E-state index in [2.05, 4.69) is 11.4 Å². The smallest absolute Gasteiger partial charge is 0.161 e. The molecule has 0 bridgehead atoms. The molecule has 21 heavy (non-hydrogen) atoms. The number of nitrogens with one attached hydrogen (secondary N) is 1. The van der Waals surface area contributed by atoms with Crippen molar-refractivity contribution in [3.8, 4) is 17.6 Å². The highest BCUT2D eigenvalue weighted by atomic mass is 16.5. The number of aliphatic hydroxyl groups excluding tert-OH is 1. The lowest BCUT2D eigenvalue weighted by atomic mass is 10.1. The number of nitrogens with zero attached hydrogens (tertiary/aromatic N) is 1. The maximum absolute atomic E-state index is 9.26. The fraction of sp³-hybridized carbons (Fsp3) is 0.562. The van der Waals surface area contributed by atoms with Gasteiger partial charge in [-0.2, -0.15) is 5.26 Å². The number of benzene rings is 1. The summed E-state index contributed by atoms with van der Waals surface area (Å²) >= 11 is 0. The Morgan fingerprint density at radius 1 is 1.29 bits per heavy atom. The SMILES string of the molecule is CCCOc1ccc(C(C#N)NCCCO)cc1OCC. The first kappa shape index (κ1) is 17.3. The molecule has 0 saturated heterocycles. The summed E-state index contributed by atoms with van der Waals surface area (Å²) in [5.41, 5.74) is 0.836. The molecule has 2 N–H and O–H groups in total. The monoisotopic (exact) mass is 292 g/mol. The highest BCUT2D eigenvalue weighted by Gasteiger charge is 2.13. The second kappa shape index (κ2) is 10.0. The van der Waals surface area contributed by atoms with Crippen molar-refractivity contribution < 1.29 is 14.6 Å². The Morgan fingerprint density at radius 2 is 2.10 bits per heavy atom.